The number of rotatable bonds is 4. The molecule has 2 aliphatic heterocycles. The van der Waals surface area contributed by atoms with E-state index in [4.69, 9.17) is 0 Å². The lowest BCUT2D eigenvalue weighted by Gasteiger charge is -2.25. The maximum absolute atomic E-state index is 13.2. The average Bonchev–Trinajstić information content (AvgIpc) is 3.39. The standard InChI is InChI=1S/C22H27N7O2S/c1-15-25-18-12-16(7-8-19(18)32-15)26-22(24-14-23)27-17-6-2-3-11-29(21(17)31)13-20(30)28-9-4-5-10-28/h7-8,12,17H,2-6,9-11,13H2,1H3,(H2,24,26,27)/t17-/m0/s1. The number of hydrogen-bond donors (Lipinski definition) is 2. The number of nitriles is 1. The lowest BCUT2D eigenvalue weighted by molar-refractivity contribution is -0.140. The maximum atomic E-state index is 13.2. The number of likely N-dealkylation sites (tertiary alicyclic amines) is 2. The number of aromatic nitrogens is 1. The topological polar surface area (TPSA) is 114 Å². The molecule has 0 unspecified atom stereocenters. The summed E-state index contributed by atoms with van der Waals surface area (Å²) in [4.78, 5) is 38.2. The van der Waals surface area contributed by atoms with E-state index in [1.807, 2.05) is 36.2 Å². The molecule has 1 atom stereocenters. The molecule has 2 aromatic rings. The fourth-order valence-electron chi connectivity index (χ4n) is 4.15. The molecule has 2 saturated heterocycles. The minimum atomic E-state index is -0.641. The molecule has 2 amide bonds. The molecule has 168 valence electrons. The average molecular weight is 454 g/mol. The van der Waals surface area contributed by atoms with Gasteiger partial charge in [-0.2, -0.15) is 5.26 Å². The third-order valence-corrected chi connectivity index (χ3v) is 6.71. The quantitative estimate of drug-likeness (QED) is 0.318. The summed E-state index contributed by atoms with van der Waals surface area (Å²) in [6.07, 6.45) is 6.17. The highest BCUT2D eigenvalue weighted by Crippen LogP contribution is 2.24. The van der Waals surface area contributed by atoms with Crippen molar-refractivity contribution in [3.63, 3.8) is 0 Å². The molecular formula is C22H27N7O2S. The minimum absolute atomic E-state index is 0.000775. The van der Waals surface area contributed by atoms with E-state index in [0.717, 1.165) is 59.7 Å². The van der Waals surface area contributed by atoms with E-state index in [9.17, 15) is 14.9 Å². The summed E-state index contributed by atoms with van der Waals surface area (Å²) in [5.74, 6) is 0.0466. The highest BCUT2D eigenvalue weighted by Gasteiger charge is 2.30. The summed E-state index contributed by atoms with van der Waals surface area (Å²) in [5, 5.41) is 15.8. The Kier molecular flexibility index (Phi) is 6.85. The molecule has 0 bridgehead atoms. The maximum Gasteiger partial charge on any atom is 0.247 e. The van der Waals surface area contributed by atoms with Crippen LogP contribution >= 0.6 is 11.3 Å². The third-order valence-electron chi connectivity index (χ3n) is 5.75. The van der Waals surface area contributed by atoms with Crippen molar-refractivity contribution < 1.29 is 9.59 Å². The number of hydrogen-bond acceptors (Lipinski definition) is 6. The summed E-state index contributed by atoms with van der Waals surface area (Å²) in [7, 11) is 0. The lowest BCUT2D eigenvalue weighted by atomic mass is 10.1. The van der Waals surface area contributed by atoms with Crippen LogP contribution in [0.5, 0.6) is 0 Å². The predicted octanol–water partition coefficient (Wildman–Crippen LogP) is 2.45. The zero-order chi connectivity index (χ0) is 22.5. The van der Waals surface area contributed by atoms with E-state index in [-0.39, 0.29) is 24.3 Å². The SMILES string of the molecule is Cc1nc2cc(NC(=N[C@H]3CCCCN(CC(=O)N4CCCC4)C3=O)NC#N)ccc2s1. The van der Waals surface area contributed by atoms with Gasteiger partial charge in [-0.25, -0.2) is 9.98 Å². The van der Waals surface area contributed by atoms with Gasteiger partial charge in [-0.15, -0.1) is 11.3 Å². The van der Waals surface area contributed by atoms with Crippen molar-refractivity contribution in [1.82, 2.24) is 20.1 Å². The summed E-state index contributed by atoms with van der Waals surface area (Å²) in [6, 6.07) is 5.11. The van der Waals surface area contributed by atoms with Crippen molar-refractivity contribution in [3.05, 3.63) is 23.2 Å². The molecule has 4 rings (SSSR count). The molecule has 1 aromatic heterocycles. The van der Waals surface area contributed by atoms with Crippen LogP contribution in [0, 0.1) is 18.4 Å². The van der Waals surface area contributed by atoms with Crippen LogP contribution in [0.4, 0.5) is 5.69 Å². The molecule has 2 fully saturated rings. The van der Waals surface area contributed by atoms with E-state index in [0.29, 0.717) is 13.0 Å². The minimum Gasteiger partial charge on any atom is -0.341 e. The Morgan fingerprint density at radius 3 is 2.84 bits per heavy atom. The number of anilines is 1. The van der Waals surface area contributed by atoms with Crippen LogP contribution in [0.3, 0.4) is 0 Å². The van der Waals surface area contributed by atoms with Crippen LogP contribution in [0.1, 0.15) is 37.1 Å². The van der Waals surface area contributed by atoms with Crippen LogP contribution in [-0.4, -0.2) is 64.8 Å². The molecule has 1 aromatic carbocycles. The molecule has 32 heavy (non-hydrogen) atoms. The van der Waals surface area contributed by atoms with Gasteiger partial charge in [-0.1, -0.05) is 0 Å². The van der Waals surface area contributed by atoms with Gasteiger partial charge in [-0.05, 0) is 57.2 Å². The van der Waals surface area contributed by atoms with E-state index in [1.165, 1.54) is 0 Å². The van der Waals surface area contributed by atoms with E-state index >= 15 is 0 Å². The molecule has 0 saturated carbocycles. The first-order chi connectivity index (χ1) is 15.5. The number of benzene rings is 1. The molecule has 0 spiro atoms. The monoisotopic (exact) mass is 453 g/mol. The Labute approximate surface area is 191 Å². The lowest BCUT2D eigenvalue weighted by Crippen LogP contribution is -2.45. The van der Waals surface area contributed by atoms with Gasteiger partial charge < -0.3 is 15.1 Å². The molecule has 9 nitrogen and oxygen atoms in total. The summed E-state index contributed by atoms with van der Waals surface area (Å²) < 4.78 is 1.08. The second-order valence-electron chi connectivity index (χ2n) is 8.11. The number of guanidine groups is 1. The normalized spacial score (nSPS) is 19.7. The van der Waals surface area contributed by atoms with Crippen LogP contribution < -0.4 is 10.6 Å². The molecular weight excluding hydrogens is 426 g/mol. The van der Waals surface area contributed by atoms with E-state index < -0.39 is 6.04 Å². The van der Waals surface area contributed by atoms with Gasteiger partial charge in [0.05, 0.1) is 21.8 Å². The third kappa shape index (κ3) is 5.16. The first kappa shape index (κ1) is 22.0. The largest absolute Gasteiger partial charge is 0.341 e. The van der Waals surface area contributed by atoms with Gasteiger partial charge in [0, 0.05) is 25.3 Å². The Bertz CT molecular complexity index is 1070. The zero-order valence-electron chi connectivity index (χ0n) is 18.1. The highest BCUT2D eigenvalue weighted by atomic mass is 32.1. The van der Waals surface area contributed by atoms with Crippen LogP contribution in [0.2, 0.25) is 0 Å². The fourth-order valence-corrected chi connectivity index (χ4v) is 4.96. The van der Waals surface area contributed by atoms with E-state index in [2.05, 4.69) is 20.6 Å². The summed E-state index contributed by atoms with van der Waals surface area (Å²) in [5.41, 5.74) is 1.59. The van der Waals surface area contributed by atoms with Crippen molar-refractivity contribution in [3.8, 4) is 6.19 Å². The fraction of sp³-hybridized carbons (Fsp3) is 0.500. The molecule has 2 N–H and O–H groups in total. The van der Waals surface area contributed by atoms with E-state index in [1.54, 1.807) is 16.2 Å². The van der Waals surface area contributed by atoms with Gasteiger partial charge in [0.2, 0.25) is 17.8 Å². The Morgan fingerprint density at radius 2 is 2.06 bits per heavy atom. The van der Waals surface area contributed by atoms with Crippen LogP contribution in [-0.2, 0) is 9.59 Å². The molecule has 10 heteroatoms. The van der Waals surface area contributed by atoms with Gasteiger partial charge in [-0.3, -0.25) is 14.9 Å². The number of thiazole rings is 1. The van der Waals surface area contributed by atoms with Gasteiger partial charge in [0.25, 0.3) is 0 Å². The first-order valence-electron chi connectivity index (χ1n) is 11.0. The van der Waals surface area contributed by atoms with Crippen LogP contribution in [0.25, 0.3) is 10.2 Å². The van der Waals surface area contributed by atoms with Crippen molar-refractivity contribution in [2.75, 3.05) is 31.5 Å². The number of fused-ring (bicyclic) bond motifs is 1. The molecule has 0 aliphatic carbocycles. The smallest absolute Gasteiger partial charge is 0.247 e. The zero-order valence-corrected chi connectivity index (χ0v) is 19.0. The van der Waals surface area contributed by atoms with Gasteiger partial charge in [0.15, 0.2) is 6.19 Å². The van der Waals surface area contributed by atoms with Gasteiger partial charge in [0.1, 0.15) is 6.04 Å². The summed E-state index contributed by atoms with van der Waals surface area (Å²) in [6.45, 7) is 4.15. The number of aryl methyl sites for hydroxylation is 1. The Morgan fingerprint density at radius 1 is 1.28 bits per heavy atom. The van der Waals surface area contributed by atoms with Crippen LogP contribution in [0.15, 0.2) is 23.2 Å². The number of amides is 2. The van der Waals surface area contributed by atoms with Crippen molar-refractivity contribution in [2.45, 2.75) is 45.1 Å². The van der Waals surface area contributed by atoms with Crippen molar-refractivity contribution in [1.29, 1.82) is 5.26 Å². The number of carbonyl (C=O) groups is 2. The summed E-state index contributed by atoms with van der Waals surface area (Å²) >= 11 is 1.62. The molecule has 0 radical (unpaired) electrons. The second-order valence-corrected chi connectivity index (χ2v) is 9.35. The first-order valence-corrected chi connectivity index (χ1v) is 11.8. The number of nitrogens with one attached hydrogen (secondary N) is 2. The molecule has 2 aliphatic rings. The number of nitrogens with zero attached hydrogens (tertiary/aromatic N) is 5. The molecule has 3 heterocycles. The Balaban J connectivity index is 1.49. The van der Waals surface area contributed by atoms with Crippen molar-refractivity contribution >= 4 is 45.0 Å². The predicted molar refractivity (Wildman–Crippen MR) is 124 cm³/mol. The number of aliphatic imine (C=N–C) groups is 1. The Hall–Kier alpha value is -3.19. The number of carbonyl (C=O) groups excluding carboxylic acids is 2. The highest BCUT2D eigenvalue weighted by molar-refractivity contribution is 7.18. The van der Waals surface area contributed by atoms with Crippen molar-refractivity contribution in [2.24, 2.45) is 4.99 Å². The second kappa shape index (κ2) is 9.96. The van der Waals surface area contributed by atoms with Gasteiger partial charge >= 0.3 is 0 Å².